The average Bonchev–Trinajstić information content (AvgIpc) is 3.16. The van der Waals surface area contributed by atoms with Gasteiger partial charge in [-0.25, -0.2) is 18.2 Å². The van der Waals surface area contributed by atoms with Crippen LogP contribution in [0.5, 0.6) is 0 Å². The number of alkyl halides is 2. The van der Waals surface area contributed by atoms with Gasteiger partial charge in [0.05, 0.1) is 12.8 Å². The molecule has 2 aromatic rings. The number of carbonyl (C=O) groups excluding carboxylic acids is 1. The number of amides is 1. The van der Waals surface area contributed by atoms with Crippen molar-refractivity contribution in [1.82, 2.24) is 15.1 Å². The van der Waals surface area contributed by atoms with Crippen LogP contribution in [0, 0.1) is 5.82 Å². The van der Waals surface area contributed by atoms with Gasteiger partial charge < -0.3 is 10.1 Å². The van der Waals surface area contributed by atoms with E-state index in [1.54, 1.807) is 12.1 Å². The molecule has 1 aromatic heterocycles. The number of hydrogen-bond acceptors (Lipinski definition) is 4. The summed E-state index contributed by atoms with van der Waals surface area (Å²) < 4.78 is 47.9. The van der Waals surface area contributed by atoms with Crippen LogP contribution < -0.4 is 5.32 Å². The van der Waals surface area contributed by atoms with Gasteiger partial charge in [0.1, 0.15) is 29.9 Å². The summed E-state index contributed by atoms with van der Waals surface area (Å²) >= 11 is 0. The number of nitrogens with zero attached hydrogens (tertiary/aromatic N) is 3. The minimum atomic E-state index is -2.29. The summed E-state index contributed by atoms with van der Waals surface area (Å²) in [5.41, 5.74) is -0.436. The molecular formula is C24H31F3N4O2. The van der Waals surface area contributed by atoms with E-state index in [2.05, 4.69) is 15.4 Å². The predicted molar refractivity (Wildman–Crippen MR) is 123 cm³/mol. The zero-order valence-corrected chi connectivity index (χ0v) is 19.9. The highest BCUT2D eigenvalue weighted by Crippen LogP contribution is 2.26. The first kappa shape index (κ1) is 26.2. The van der Waals surface area contributed by atoms with Crippen molar-refractivity contribution in [3.63, 3.8) is 0 Å². The van der Waals surface area contributed by atoms with Crippen LogP contribution in [0.25, 0.3) is 5.70 Å². The summed E-state index contributed by atoms with van der Waals surface area (Å²) in [6.45, 7) is 5.45. The highest BCUT2D eigenvalue weighted by Gasteiger charge is 2.31. The second kappa shape index (κ2) is 11.2. The maximum absolute atomic E-state index is 14.3. The molecule has 1 aromatic carbocycles. The molecule has 2 atom stereocenters. The van der Waals surface area contributed by atoms with Gasteiger partial charge in [-0.1, -0.05) is 25.5 Å². The molecule has 0 aliphatic carbocycles. The first-order valence-corrected chi connectivity index (χ1v) is 10.7. The number of ether oxygens (including phenoxy) is 1. The van der Waals surface area contributed by atoms with E-state index in [4.69, 9.17) is 4.74 Å². The van der Waals surface area contributed by atoms with Crippen molar-refractivity contribution in [1.29, 1.82) is 0 Å². The lowest BCUT2D eigenvalue weighted by atomic mass is 10.1. The molecule has 9 heteroatoms. The van der Waals surface area contributed by atoms with Crippen molar-refractivity contribution < 1.29 is 22.7 Å². The van der Waals surface area contributed by atoms with Gasteiger partial charge >= 0.3 is 0 Å². The zero-order chi connectivity index (χ0) is 24.8. The van der Waals surface area contributed by atoms with E-state index in [0.29, 0.717) is 24.1 Å². The Morgan fingerprint density at radius 2 is 2.03 bits per heavy atom. The van der Waals surface area contributed by atoms with Crippen molar-refractivity contribution in [2.24, 2.45) is 12.0 Å². The third kappa shape index (κ3) is 6.46. The summed E-state index contributed by atoms with van der Waals surface area (Å²) in [7, 11) is 2.93. The minimum absolute atomic E-state index is 0.0754. The van der Waals surface area contributed by atoms with Crippen molar-refractivity contribution in [2.45, 2.75) is 52.2 Å². The van der Waals surface area contributed by atoms with E-state index in [1.165, 1.54) is 37.0 Å². The van der Waals surface area contributed by atoms with Gasteiger partial charge in [-0.15, -0.1) is 0 Å². The number of benzene rings is 1. The van der Waals surface area contributed by atoms with Gasteiger partial charge in [-0.05, 0) is 51.0 Å². The van der Waals surface area contributed by atoms with Crippen LogP contribution in [0.2, 0.25) is 0 Å². The fraction of sp³-hybridized carbons (Fsp3) is 0.458. The van der Waals surface area contributed by atoms with Gasteiger partial charge in [-0.3, -0.25) is 9.48 Å². The number of halogens is 3. The number of methoxy groups -OCH3 is 1. The van der Waals surface area contributed by atoms with Gasteiger partial charge in [0.15, 0.2) is 5.67 Å². The first-order chi connectivity index (χ1) is 15.5. The zero-order valence-electron chi connectivity index (χ0n) is 19.9. The fourth-order valence-electron chi connectivity index (χ4n) is 3.26. The topological polar surface area (TPSA) is 68.5 Å². The van der Waals surface area contributed by atoms with Crippen LogP contribution in [-0.2, 0) is 17.5 Å². The second-order valence-corrected chi connectivity index (χ2v) is 8.20. The molecule has 0 saturated carbocycles. The van der Waals surface area contributed by atoms with E-state index in [0.717, 1.165) is 12.5 Å². The van der Waals surface area contributed by atoms with E-state index >= 15 is 0 Å². The second-order valence-electron chi connectivity index (χ2n) is 8.20. The molecule has 33 heavy (non-hydrogen) atoms. The normalized spacial score (nSPS) is 14.4. The molecule has 180 valence electrons. The first-order valence-electron chi connectivity index (χ1n) is 10.7. The van der Waals surface area contributed by atoms with Crippen LogP contribution in [0.4, 0.5) is 13.2 Å². The van der Waals surface area contributed by atoms with Crippen molar-refractivity contribution in [2.75, 3.05) is 13.8 Å². The number of aryl methyl sites for hydroxylation is 1. The number of aromatic nitrogens is 2. The molecule has 0 radical (unpaired) electrons. The van der Waals surface area contributed by atoms with E-state index in [-0.39, 0.29) is 23.1 Å². The molecule has 2 rings (SSSR count). The van der Waals surface area contributed by atoms with Crippen molar-refractivity contribution >= 4 is 17.5 Å². The lowest BCUT2D eigenvalue weighted by Gasteiger charge is -2.20. The number of carbonyl (C=O) groups is 1. The Hall–Kier alpha value is -3.10. The van der Waals surface area contributed by atoms with Crippen LogP contribution in [-0.4, -0.2) is 41.4 Å². The Bertz CT molecular complexity index is 1040. The molecule has 0 aliphatic rings. The Balaban J connectivity index is 2.39. The van der Waals surface area contributed by atoms with Crippen LogP contribution in [0.15, 0.2) is 40.9 Å². The quantitative estimate of drug-likeness (QED) is 0.414. The average molecular weight is 465 g/mol. The number of aliphatic imine (C=N–C) groups is 1. The Labute approximate surface area is 192 Å². The molecule has 2 unspecified atom stereocenters. The SMILES string of the molecule is CCCC(NC(=O)c1cc(C(C)(F)CF)nn1C)C(=NC(=C(C)C)c1cccc(F)c1)OC. The fourth-order valence-corrected chi connectivity index (χ4v) is 3.26. The monoisotopic (exact) mass is 464 g/mol. The Morgan fingerprint density at radius 3 is 2.58 bits per heavy atom. The molecule has 1 N–H and O–H groups in total. The Kier molecular flexibility index (Phi) is 8.84. The molecule has 0 saturated heterocycles. The summed E-state index contributed by atoms with van der Waals surface area (Å²) in [6.07, 6.45) is 1.21. The molecule has 1 amide bonds. The largest absolute Gasteiger partial charge is 0.483 e. The van der Waals surface area contributed by atoms with Crippen LogP contribution >= 0.6 is 0 Å². The minimum Gasteiger partial charge on any atom is -0.483 e. The van der Waals surface area contributed by atoms with Crippen LogP contribution in [0.1, 0.15) is 62.3 Å². The number of hydrogen-bond donors (Lipinski definition) is 1. The van der Waals surface area contributed by atoms with Gasteiger partial charge in [0.2, 0.25) is 5.90 Å². The molecule has 0 fully saturated rings. The van der Waals surface area contributed by atoms with Gasteiger partial charge in [0, 0.05) is 12.6 Å². The van der Waals surface area contributed by atoms with Gasteiger partial charge in [-0.2, -0.15) is 5.10 Å². The summed E-state index contributed by atoms with van der Waals surface area (Å²) in [4.78, 5) is 17.6. The lowest BCUT2D eigenvalue weighted by Crippen LogP contribution is -2.42. The molecular weight excluding hydrogens is 433 g/mol. The third-order valence-electron chi connectivity index (χ3n) is 5.08. The van der Waals surface area contributed by atoms with Gasteiger partial charge in [0.25, 0.3) is 5.91 Å². The molecule has 1 heterocycles. The maximum atomic E-state index is 14.3. The van der Waals surface area contributed by atoms with E-state index < -0.39 is 24.3 Å². The van der Waals surface area contributed by atoms with Crippen molar-refractivity contribution in [3.8, 4) is 0 Å². The summed E-state index contributed by atoms with van der Waals surface area (Å²) in [5.74, 6) is -0.676. The number of allylic oxidation sites excluding steroid dienone is 1. The molecule has 0 bridgehead atoms. The smallest absolute Gasteiger partial charge is 0.270 e. The lowest BCUT2D eigenvalue weighted by molar-refractivity contribution is 0.0932. The molecule has 0 aliphatic heterocycles. The highest BCUT2D eigenvalue weighted by atomic mass is 19.2. The Morgan fingerprint density at radius 1 is 1.33 bits per heavy atom. The van der Waals surface area contributed by atoms with E-state index in [9.17, 15) is 18.0 Å². The van der Waals surface area contributed by atoms with E-state index in [1.807, 2.05) is 20.8 Å². The number of nitrogens with one attached hydrogen (secondary N) is 1. The third-order valence-corrected chi connectivity index (χ3v) is 5.08. The van der Waals surface area contributed by atoms with Crippen molar-refractivity contribution in [3.05, 3.63) is 58.7 Å². The summed E-state index contributed by atoms with van der Waals surface area (Å²) in [5, 5.41) is 6.80. The maximum Gasteiger partial charge on any atom is 0.270 e. The number of rotatable bonds is 9. The summed E-state index contributed by atoms with van der Waals surface area (Å²) in [6, 6.07) is 6.69. The molecule has 6 nitrogen and oxygen atoms in total. The highest BCUT2D eigenvalue weighted by molar-refractivity contribution is 5.97. The van der Waals surface area contributed by atoms with Crippen LogP contribution in [0.3, 0.4) is 0 Å². The standard InChI is InChI=1S/C24H31F3N4O2/c1-7-9-18(28-22(32)19-13-20(30-31(19)5)24(4,27)14-25)23(33-6)29-21(15(2)3)16-10-8-11-17(26)12-16/h8,10-13,18H,7,9,14H2,1-6H3,(H,28,32). The predicted octanol–water partition coefficient (Wildman–Crippen LogP) is 5.11. The molecule has 0 spiro atoms.